The fourth-order valence-electron chi connectivity index (χ4n) is 7.71. The molecule has 3 aromatic rings. The van der Waals surface area contributed by atoms with Gasteiger partial charge in [-0.05, 0) is 135 Å². The zero-order valence-corrected chi connectivity index (χ0v) is 25.0. The Morgan fingerprint density at radius 3 is 2.79 bits per heavy atom. The number of hydrogen-bond acceptors (Lipinski definition) is 6. The van der Waals surface area contributed by atoms with Crippen LogP contribution in [-0.2, 0) is 12.8 Å². The fraction of sp³-hybridized carbons (Fsp3) is 0.571. The van der Waals surface area contributed by atoms with E-state index in [1.165, 1.54) is 38.5 Å². The number of rotatable bonds is 14. The number of nitrogen functional groups attached to an aromatic ring is 1. The Kier molecular flexibility index (Phi) is 10.1. The Morgan fingerprint density at radius 1 is 1.12 bits per heavy atom. The van der Waals surface area contributed by atoms with E-state index < -0.39 is 12.2 Å². The van der Waals surface area contributed by atoms with Crippen LogP contribution in [0.25, 0.3) is 0 Å². The molecule has 2 aliphatic rings. The zero-order chi connectivity index (χ0) is 29.5. The van der Waals surface area contributed by atoms with Gasteiger partial charge in [0, 0.05) is 18.1 Å². The molecule has 2 aliphatic carbocycles. The number of H-pyrrole nitrogens is 1. The van der Waals surface area contributed by atoms with Crippen LogP contribution in [0, 0.1) is 17.3 Å². The molecule has 228 valence electrons. The Morgan fingerprint density at radius 2 is 2.00 bits per heavy atom. The van der Waals surface area contributed by atoms with Gasteiger partial charge >= 0.3 is 0 Å². The van der Waals surface area contributed by atoms with Crippen LogP contribution in [0.15, 0.2) is 54.9 Å². The first-order valence-electron chi connectivity index (χ1n) is 16.0. The third-order valence-corrected chi connectivity index (χ3v) is 10.3. The van der Waals surface area contributed by atoms with E-state index in [2.05, 4.69) is 23.0 Å². The van der Waals surface area contributed by atoms with Crippen molar-refractivity contribution in [3.63, 3.8) is 0 Å². The first kappa shape index (κ1) is 30.4. The first-order chi connectivity index (χ1) is 20.3. The van der Waals surface area contributed by atoms with Gasteiger partial charge in [0.1, 0.15) is 5.82 Å². The number of pyridine rings is 1. The van der Waals surface area contributed by atoms with Gasteiger partial charge in [-0.25, -0.2) is 4.98 Å². The Balaban J connectivity index is 1.12. The predicted octanol–water partition coefficient (Wildman–Crippen LogP) is 6.53. The molecule has 5 rings (SSSR count). The van der Waals surface area contributed by atoms with Crippen molar-refractivity contribution in [2.24, 2.45) is 17.3 Å². The number of benzene rings is 1. The number of phenolic OH excluding ortho intramolecular Hbond substituents is 1. The van der Waals surface area contributed by atoms with Crippen molar-refractivity contribution >= 4 is 5.82 Å². The van der Waals surface area contributed by atoms with Gasteiger partial charge in [0.15, 0.2) is 11.5 Å². The number of aryl methyl sites for hydroxylation is 1. The van der Waals surface area contributed by atoms with Crippen LogP contribution in [0.4, 0.5) is 5.82 Å². The summed E-state index contributed by atoms with van der Waals surface area (Å²) in [6.45, 7) is 2.75. The van der Waals surface area contributed by atoms with E-state index in [0.717, 1.165) is 36.1 Å². The Labute approximate surface area is 250 Å². The molecular weight excluding hydrogens is 526 g/mol. The first-order valence-corrected chi connectivity index (χ1v) is 16.0. The summed E-state index contributed by atoms with van der Waals surface area (Å²) in [5.41, 5.74) is 9.71. The van der Waals surface area contributed by atoms with Crippen LogP contribution in [0.2, 0.25) is 0 Å². The third-order valence-electron chi connectivity index (χ3n) is 10.3. The largest absolute Gasteiger partial charge is 0.504 e. The van der Waals surface area contributed by atoms with E-state index in [1.807, 2.05) is 36.5 Å². The minimum atomic E-state index is -0.555. The molecule has 7 nitrogen and oxygen atoms in total. The van der Waals surface area contributed by atoms with E-state index in [4.69, 9.17) is 10.5 Å². The highest BCUT2D eigenvalue weighted by molar-refractivity contribution is 5.42. The molecular formula is C35H49N3O4. The summed E-state index contributed by atoms with van der Waals surface area (Å²) in [5.74, 6) is 2.15. The number of aromatic amines is 1. The molecule has 42 heavy (non-hydrogen) atoms. The Hall–Kier alpha value is -3.03. The van der Waals surface area contributed by atoms with Gasteiger partial charge in [-0.3, -0.25) is 0 Å². The number of nitrogens with one attached hydrogen (secondary N) is 1. The van der Waals surface area contributed by atoms with Crippen molar-refractivity contribution < 1.29 is 20.1 Å². The van der Waals surface area contributed by atoms with E-state index >= 15 is 0 Å². The smallest absolute Gasteiger partial charge is 0.161 e. The highest BCUT2D eigenvalue weighted by atomic mass is 16.5. The number of hydrogen-bond donors (Lipinski definition) is 5. The second kappa shape index (κ2) is 14.0. The molecule has 7 heteroatoms. The summed E-state index contributed by atoms with van der Waals surface area (Å²) in [7, 11) is 0. The van der Waals surface area contributed by atoms with Gasteiger partial charge in [0.05, 0.1) is 18.8 Å². The Bertz CT molecular complexity index is 1260. The molecule has 2 saturated carbocycles. The summed E-state index contributed by atoms with van der Waals surface area (Å²) in [6, 6.07) is 13.4. The lowest BCUT2D eigenvalue weighted by Gasteiger charge is -2.29. The lowest BCUT2D eigenvalue weighted by Crippen LogP contribution is -2.30. The van der Waals surface area contributed by atoms with Gasteiger partial charge < -0.3 is 30.8 Å². The molecule has 0 spiro atoms. The average Bonchev–Trinajstić information content (AvgIpc) is 3.60. The van der Waals surface area contributed by atoms with E-state index in [1.54, 1.807) is 12.3 Å². The number of aromatic hydroxyl groups is 1. The van der Waals surface area contributed by atoms with Crippen molar-refractivity contribution in [1.82, 2.24) is 9.97 Å². The number of aliphatic hydroxyl groups is 2. The number of anilines is 1. The number of phenols is 1. The standard InChI is InChI=1S/C35H49N3O4/c1-2-35-14-3-6-30(27(23-35)11-15-35)32(41)22-29(39)9-7-24-8-10-31(40)33(19-24)42-18-13-26(20-28-5-4-16-37-28)25-12-17-38-34(36)21-25/h4-5,8,10,12,16-17,19,21,26-27,29-30,32,37,39-41H,2-3,6-7,9,11,13-15,18,20,22-23H2,1H3,(H2,36,38)/t26-,27+,29-,30+,32-,35-/m1/s1. The molecule has 0 amide bonds. The van der Waals surface area contributed by atoms with E-state index in [0.29, 0.717) is 54.7 Å². The number of ether oxygens (including phenoxy) is 1. The highest BCUT2D eigenvalue weighted by Gasteiger charge is 2.44. The second-order valence-electron chi connectivity index (χ2n) is 13.0. The summed E-state index contributed by atoms with van der Waals surface area (Å²) in [4.78, 5) is 7.41. The van der Waals surface area contributed by atoms with Gasteiger partial charge in [-0.15, -0.1) is 0 Å². The van der Waals surface area contributed by atoms with Crippen molar-refractivity contribution in [2.45, 2.75) is 102 Å². The predicted molar refractivity (Wildman–Crippen MR) is 166 cm³/mol. The minimum Gasteiger partial charge on any atom is -0.504 e. The molecule has 0 unspecified atom stereocenters. The molecule has 1 aromatic carbocycles. The highest BCUT2D eigenvalue weighted by Crippen LogP contribution is 2.54. The summed E-state index contributed by atoms with van der Waals surface area (Å²) >= 11 is 0. The lowest BCUT2D eigenvalue weighted by molar-refractivity contribution is 0.0183. The SMILES string of the molecule is CC[C@@]12CCC[C@H]([C@H](O)C[C@H](O)CCc3ccc(O)c(OCC[C@H](Cc4ccc[nH]4)c4ccnc(N)c4)c3)[C@@H](CC1)C2. The fourth-order valence-corrected chi connectivity index (χ4v) is 7.71. The molecule has 0 saturated heterocycles. The second-order valence-corrected chi connectivity index (χ2v) is 13.0. The normalized spacial score (nSPS) is 24.2. The molecule has 2 fully saturated rings. The molecule has 2 heterocycles. The summed E-state index contributed by atoms with van der Waals surface area (Å²) in [6.07, 6.45) is 14.5. The van der Waals surface area contributed by atoms with Crippen LogP contribution in [0.5, 0.6) is 11.5 Å². The van der Waals surface area contributed by atoms with Crippen molar-refractivity contribution in [1.29, 1.82) is 0 Å². The lowest BCUT2D eigenvalue weighted by atomic mass is 9.79. The van der Waals surface area contributed by atoms with Gasteiger partial charge in [-0.2, -0.15) is 0 Å². The van der Waals surface area contributed by atoms with Crippen LogP contribution in [0.1, 0.15) is 93.9 Å². The maximum atomic E-state index is 11.1. The summed E-state index contributed by atoms with van der Waals surface area (Å²) in [5, 5.41) is 32.4. The number of nitrogens with zero attached hydrogens (tertiary/aromatic N) is 1. The quantitative estimate of drug-likeness (QED) is 0.149. The summed E-state index contributed by atoms with van der Waals surface area (Å²) < 4.78 is 6.08. The van der Waals surface area contributed by atoms with Gasteiger partial charge in [0.2, 0.25) is 0 Å². The number of fused-ring (bicyclic) bond motifs is 2. The molecule has 2 bridgehead atoms. The van der Waals surface area contributed by atoms with Crippen molar-refractivity contribution in [3.05, 3.63) is 71.7 Å². The van der Waals surface area contributed by atoms with Crippen molar-refractivity contribution in [3.8, 4) is 11.5 Å². The van der Waals surface area contributed by atoms with E-state index in [9.17, 15) is 15.3 Å². The van der Waals surface area contributed by atoms with Crippen LogP contribution in [-0.4, -0.2) is 44.1 Å². The van der Waals surface area contributed by atoms with Crippen LogP contribution >= 0.6 is 0 Å². The molecule has 6 N–H and O–H groups in total. The molecule has 0 radical (unpaired) electrons. The maximum Gasteiger partial charge on any atom is 0.161 e. The molecule has 0 aliphatic heterocycles. The third kappa shape index (κ3) is 7.67. The topological polar surface area (TPSA) is 125 Å². The minimum absolute atomic E-state index is 0.108. The zero-order valence-electron chi connectivity index (χ0n) is 25.0. The number of nitrogens with two attached hydrogens (primary N) is 1. The van der Waals surface area contributed by atoms with Crippen LogP contribution in [0.3, 0.4) is 0 Å². The monoisotopic (exact) mass is 575 g/mol. The number of aliphatic hydroxyl groups excluding tert-OH is 2. The van der Waals surface area contributed by atoms with Gasteiger partial charge in [-0.1, -0.05) is 25.8 Å². The molecule has 2 aromatic heterocycles. The molecule has 6 atom stereocenters. The van der Waals surface area contributed by atoms with E-state index in [-0.39, 0.29) is 11.7 Å². The van der Waals surface area contributed by atoms with Crippen LogP contribution < -0.4 is 10.5 Å². The number of aromatic nitrogens is 2. The average molecular weight is 576 g/mol. The van der Waals surface area contributed by atoms with Crippen molar-refractivity contribution in [2.75, 3.05) is 12.3 Å². The maximum absolute atomic E-state index is 11.1. The van der Waals surface area contributed by atoms with Gasteiger partial charge in [0.25, 0.3) is 0 Å².